The summed E-state index contributed by atoms with van der Waals surface area (Å²) in [6.45, 7) is 6.63. The van der Waals surface area contributed by atoms with Crippen molar-refractivity contribution in [1.29, 1.82) is 0 Å². The maximum absolute atomic E-state index is 13.4. The molecule has 0 amide bonds. The Balaban J connectivity index is 2.02. The highest BCUT2D eigenvalue weighted by Crippen LogP contribution is 2.37. The van der Waals surface area contributed by atoms with Crippen molar-refractivity contribution >= 4 is 0 Å². The number of hydrogen-bond acceptors (Lipinski definition) is 1. The molecule has 0 saturated heterocycles. The second kappa shape index (κ2) is 7.78. The summed E-state index contributed by atoms with van der Waals surface area (Å²) < 4.78 is 13.4. The third-order valence-electron chi connectivity index (χ3n) is 4.87. The Morgan fingerprint density at radius 2 is 2.05 bits per heavy atom. The summed E-state index contributed by atoms with van der Waals surface area (Å²) in [5.74, 6) is 2.22. The lowest BCUT2D eigenvalue weighted by molar-refractivity contribution is 0.172. The molecule has 1 saturated carbocycles. The van der Waals surface area contributed by atoms with Crippen LogP contribution in [-0.2, 0) is 6.42 Å². The Morgan fingerprint density at radius 3 is 2.75 bits per heavy atom. The van der Waals surface area contributed by atoms with E-state index in [1.54, 1.807) is 6.07 Å². The van der Waals surface area contributed by atoms with Crippen LogP contribution in [0.15, 0.2) is 24.3 Å². The van der Waals surface area contributed by atoms with Crippen LogP contribution in [0.1, 0.15) is 45.1 Å². The highest BCUT2D eigenvalue weighted by molar-refractivity contribution is 5.17. The standard InChI is InChI=1S/C18H28FN/c1-3-14-8-9-16(13-20-4-2)17(10-14)11-15-6-5-7-18(19)12-15/h5-7,12,14,16-17,20H,3-4,8-11,13H2,1-2H3. The normalized spacial score (nSPS) is 26.6. The summed E-state index contributed by atoms with van der Waals surface area (Å²) in [6.07, 6.45) is 6.32. The monoisotopic (exact) mass is 277 g/mol. The molecule has 1 N–H and O–H groups in total. The number of rotatable bonds is 6. The fraction of sp³-hybridized carbons (Fsp3) is 0.667. The molecule has 1 fully saturated rings. The molecule has 0 heterocycles. The first kappa shape index (κ1) is 15.5. The van der Waals surface area contributed by atoms with Crippen LogP contribution in [0.3, 0.4) is 0 Å². The molecule has 3 atom stereocenters. The molecule has 0 spiro atoms. The van der Waals surface area contributed by atoms with Gasteiger partial charge in [0, 0.05) is 0 Å². The van der Waals surface area contributed by atoms with E-state index >= 15 is 0 Å². The zero-order valence-electron chi connectivity index (χ0n) is 12.9. The van der Waals surface area contributed by atoms with Crippen LogP contribution in [-0.4, -0.2) is 13.1 Å². The molecule has 1 aliphatic carbocycles. The largest absolute Gasteiger partial charge is 0.317 e. The van der Waals surface area contributed by atoms with Gasteiger partial charge < -0.3 is 5.32 Å². The van der Waals surface area contributed by atoms with E-state index in [4.69, 9.17) is 0 Å². The van der Waals surface area contributed by atoms with Gasteiger partial charge in [-0.25, -0.2) is 4.39 Å². The van der Waals surface area contributed by atoms with Crippen molar-refractivity contribution in [2.24, 2.45) is 17.8 Å². The van der Waals surface area contributed by atoms with Crippen LogP contribution in [0.4, 0.5) is 4.39 Å². The quantitative estimate of drug-likeness (QED) is 0.811. The zero-order valence-corrected chi connectivity index (χ0v) is 12.9. The Hall–Kier alpha value is -0.890. The van der Waals surface area contributed by atoms with Crippen LogP contribution in [0.5, 0.6) is 0 Å². The van der Waals surface area contributed by atoms with Gasteiger partial charge in [0.2, 0.25) is 0 Å². The lowest BCUT2D eigenvalue weighted by Gasteiger charge is -2.36. The Kier molecular flexibility index (Phi) is 6.03. The summed E-state index contributed by atoms with van der Waals surface area (Å²) in [5.41, 5.74) is 1.16. The van der Waals surface area contributed by atoms with Crippen molar-refractivity contribution in [2.45, 2.75) is 46.0 Å². The van der Waals surface area contributed by atoms with Gasteiger partial charge in [0.1, 0.15) is 5.82 Å². The van der Waals surface area contributed by atoms with Gasteiger partial charge in [-0.3, -0.25) is 0 Å². The second-order valence-electron chi connectivity index (χ2n) is 6.25. The van der Waals surface area contributed by atoms with Crippen molar-refractivity contribution < 1.29 is 4.39 Å². The Morgan fingerprint density at radius 1 is 1.20 bits per heavy atom. The van der Waals surface area contributed by atoms with Crippen LogP contribution in [0, 0.1) is 23.6 Å². The first-order valence-corrected chi connectivity index (χ1v) is 8.18. The first-order chi connectivity index (χ1) is 9.72. The molecule has 0 bridgehead atoms. The van der Waals surface area contributed by atoms with Crippen molar-refractivity contribution in [3.05, 3.63) is 35.6 Å². The van der Waals surface area contributed by atoms with Crippen molar-refractivity contribution in [1.82, 2.24) is 5.32 Å². The minimum atomic E-state index is -0.103. The van der Waals surface area contributed by atoms with E-state index in [1.165, 1.54) is 31.7 Å². The molecule has 0 aliphatic heterocycles. The van der Waals surface area contributed by atoms with Crippen molar-refractivity contribution in [3.63, 3.8) is 0 Å². The summed E-state index contributed by atoms with van der Waals surface area (Å²) in [6, 6.07) is 7.16. The molecular formula is C18H28FN. The maximum Gasteiger partial charge on any atom is 0.123 e. The predicted molar refractivity (Wildman–Crippen MR) is 83.3 cm³/mol. The SMILES string of the molecule is CCNCC1CCC(CC)CC1Cc1cccc(F)c1. The lowest BCUT2D eigenvalue weighted by atomic mass is 9.71. The average Bonchev–Trinajstić information content (AvgIpc) is 2.46. The van der Waals surface area contributed by atoms with E-state index in [0.717, 1.165) is 36.9 Å². The maximum atomic E-state index is 13.4. The van der Waals surface area contributed by atoms with Crippen LogP contribution < -0.4 is 5.32 Å². The van der Waals surface area contributed by atoms with Gasteiger partial charge >= 0.3 is 0 Å². The van der Waals surface area contributed by atoms with Crippen LogP contribution in [0.2, 0.25) is 0 Å². The van der Waals surface area contributed by atoms with E-state index in [2.05, 4.69) is 25.2 Å². The van der Waals surface area contributed by atoms with Crippen molar-refractivity contribution in [2.75, 3.05) is 13.1 Å². The zero-order chi connectivity index (χ0) is 14.4. The van der Waals surface area contributed by atoms with Gasteiger partial charge in [-0.15, -0.1) is 0 Å². The molecule has 0 radical (unpaired) electrons. The van der Waals surface area contributed by atoms with E-state index < -0.39 is 0 Å². The topological polar surface area (TPSA) is 12.0 Å². The van der Waals surface area contributed by atoms with Crippen molar-refractivity contribution in [3.8, 4) is 0 Å². The number of halogens is 1. The average molecular weight is 277 g/mol. The highest BCUT2D eigenvalue weighted by atomic mass is 19.1. The summed E-state index contributed by atoms with van der Waals surface area (Å²) >= 11 is 0. The Labute approximate surface area is 123 Å². The molecular weight excluding hydrogens is 249 g/mol. The second-order valence-corrected chi connectivity index (χ2v) is 6.25. The molecule has 2 heteroatoms. The number of nitrogens with one attached hydrogen (secondary N) is 1. The molecule has 112 valence electrons. The molecule has 0 aromatic heterocycles. The number of benzene rings is 1. The van der Waals surface area contributed by atoms with Gasteiger partial charge in [-0.2, -0.15) is 0 Å². The first-order valence-electron chi connectivity index (χ1n) is 8.18. The summed E-state index contributed by atoms with van der Waals surface area (Å²) in [4.78, 5) is 0. The molecule has 1 nitrogen and oxygen atoms in total. The molecule has 1 aromatic carbocycles. The highest BCUT2D eigenvalue weighted by Gasteiger charge is 2.29. The van der Waals surface area contributed by atoms with Crippen LogP contribution >= 0.6 is 0 Å². The van der Waals surface area contributed by atoms with E-state index in [1.807, 2.05) is 6.07 Å². The lowest BCUT2D eigenvalue weighted by Crippen LogP contribution is -2.34. The third kappa shape index (κ3) is 4.31. The third-order valence-corrected chi connectivity index (χ3v) is 4.87. The summed E-state index contributed by atoms with van der Waals surface area (Å²) in [7, 11) is 0. The molecule has 1 aromatic rings. The van der Waals surface area contributed by atoms with E-state index in [0.29, 0.717) is 5.92 Å². The molecule has 3 unspecified atom stereocenters. The minimum absolute atomic E-state index is 0.103. The smallest absolute Gasteiger partial charge is 0.123 e. The van der Waals surface area contributed by atoms with Gasteiger partial charge in [0.15, 0.2) is 0 Å². The number of hydrogen-bond donors (Lipinski definition) is 1. The van der Waals surface area contributed by atoms with E-state index in [9.17, 15) is 4.39 Å². The Bertz CT molecular complexity index is 404. The van der Waals surface area contributed by atoms with Gasteiger partial charge in [0.05, 0.1) is 0 Å². The predicted octanol–water partition coefficient (Wildman–Crippen LogP) is 4.42. The van der Waals surface area contributed by atoms with Gasteiger partial charge in [-0.1, -0.05) is 38.8 Å². The van der Waals surface area contributed by atoms with Gasteiger partial charge in [0.25, 0.3) is 0 Å². The summed E-state index contributed by atoms with van der Waals surface area (Å²) in [5, 5.41) is 3.50. The van der Waals surface area contributed by atoms with Gasteiger partial charge in [-0.05, 0) is 67.8 Å². The van der Waals surface area contributed by atoms with Crippen LogP contribution in [0.25, 0.3) is 0 Å². The fourth-order valence-corrected chi connectivity index (χ4v) is 3.61. The fourth-order valence-electron chi connectivity index (χ4n) is 3.61. The molecule has 2 rings (SSSR count). The molecule has 20 heavy (non-hydrogen) atoms. The van der Waals surface area contributed by atoms with E-state index in [-0.39, 0.29) is 5.82 Å². The minimum Gasteiger partial charge on any atom is -0.317 e. The molecule has 1 aliphatic rings.